The van der Waals surface area contributed by atoms with Gasteiger partial charge in [-0.25, -0.2) is 0 Å². The number of hydrogen-bond donors (Lipinski definition) is 2. The van der Waals surface area contributed by atoms with E-state index in [2.05, 4.69) is 36.2 Å². The van der Waals surface area contributed by atoms with Gasteiger partial charge in [0.1, 0.15) is 5.75 Å². The van der Waals surface area contributed by atoms with Crippen molar-refractivity contribution < 1.29 is 9.53 Å². The van der Waals surface area contributed by atoms with Gasteiger partial charge in [0.05, 0.1) is 0 Å². The number of nitrogens with one attached hydrogen (secondary N) is 1. The summed E-state index contributed by atoms with van der Waals surface area (Å²) >= 11 is 0. The van der Waals surface area contributed by atoms with Crippen LogP contribution >= 0.6 is 0 Å². The number of nitrogens with zero attached hydrogens (tertiary/aromatic N) is 1. The molecule has 0 bridgehead atoms. The fourth-order valence-corrected chi connectivity index (χ4v) is 2.77. The van der Waals surface area contributed by atoms with Crippen LogP contribution in [0, 0.1) is 0 Å². The summed E-state index contributed by atoms with van der Waals surface area (Å²) in [6.07, 6.45) is 0. The summed E-state index contributed by atoms with van der Waals surface area (Å²) in [5.74, 6) is 0.242. The first kappa shape index (κ1) is 18.2. The van der Waals surface area contributed by atoms with Gasteiger partial charge in [-0.1, -0.05) is 44.2 Å². The Morgan fingerprint density at radius 2 is 1.92 bits per heavy atom. The van der Waals surface area contributed by atoms with E-state index in [9.17, 15) is 4.79 Å². The van der Waals surface area contributed by atoms with Gasteiger partial charge in [-0.05, 0) is 29.9 Å². The van der Waals surface area contributed by atoms with E-state index >= 15 is 0 Å². The summed E-state index contributed by atoms with van der Waals surface area (Å²) in [7, 11) is 0. The fraction of sp³-hybridized carbons (Fsp3) is 0.421. The second-order valence-electron chi connectivity index (χ2n) is 5.72. The first-order chi connectivity index (χ1) is 11.7. The summed E-state index contributed by atoms with van der Waals surface area (Å²) in [5, 5.41) is 5.77. The number of nitrogens with two attached hydrogens (primary N) is 1. The highest BCUT2D eigenvalue weighted by Gasteiger charge is 2.10. The number of fused-ring (bicyclic) bond motifs is 1. The number of rotatable bonds is 10. The van der Waals surface area contributed by atoms with Crippen molar-refractivity contribution in [3.05, 3.63) is 42.0 Å². The van der Waals surface area contributed by atoms with Crippen LogP contribution in [0.5, 0.6) is 5.75 Å². The van der Waals surface area contributed by atoms with Gasteiger partial charge in [-0.2, -0.15) is 0 Å². The fourth-order valence-electron chi connectivity index (χ4n) is 2.77. The van der Waals surface area contributed by atoms with Crippen molar-refractivity contribution >= 4 is 16.7 Å². The first-order valence-corrected chi connectivity index (χ1v) is 8.50. The van der Waals surface area contributed by atoms with E-state index in [1.54, 1.807) is 0 Å². The number of likely N-dealkylation sites (N-methyl/N-ethyl adjacent to an activating group) is 1. The van der Waals surface area contributed by atoms with Crippen LogP contribution in [0.3, 0.4) is 0 Å². The van der Waals surface area contributed by atoms with Crippen LogP contribution in [0.2, 0.25) is 0 Å². The molecule has 0 fully saturated rings. The molecule has 3 N–H and O–H groups in total. The normalized spacial score (nSPS) is 11.1. The van der Waals surface area contributed by atoms with Gasteiger partial charge >= 0.3 is 0 Å². The van der Waals surface area contributed by atoms with Crippen LogP contribution in [0.15, 0.2) is 36.4 Å². The third kappa shape index (κ3) is 4.94. The predicted molar refractivity (Wildman–Crippen MR) is 98.1 cm³/mol. The van der Waals surface area contributed by atoms with Crippen molar-refractivity contribution in [2.45, 2.75) is 20.4 Å². The predicted octanol–water partition coefficient (Wildman–Crippen LogP) is 2.14. The minimum Gasteiger partial charge on any atom is -0.483 e. The molecule has 0 spiro atoms. The van der Waals surface area contributed by atoms with Crippen LogP contribution in [0.25, 0.3) is 10.8 Å². The van der Waals surface area contributed by atoms with Gasteiger partial charge in [0.2, 0.25) is 0 Å². The lowest BCUT2D eigenvalue weighted by atomic mass is 10.0. The number of primary amides is 1. The molecule has 0 aromatic heterocycles. The molecule has 130 valence electrons. The quantitative estimate of drug-likeness (QED) is 0.655. The molecular formula is C19H27N3O2. The van der Waals surface area contributed by atoms with Crippen molar-refractivity contribution in [1.82, 2.24) is 10.2 Å². The van der Waals surface area contributed by atoms with Crippen LogP contribution < -0.4 is 15.8 Å². The monoisotopic (exact) mass is 329 g/mol. The van der Waals surface area contributed by atoms with Crippen molar-refractivity contribution in [1.29, 1.82) is 0 Å². The SMILES string of the molecule is CCN(CC)CCNCc1c(OCC(N)=O)ccc2ccccc12. The zero-order valence-electron chi connectivity index (χ0n) is 14.5. The summed E-state index contributed by atoms with van der Waals surface area (Å²) in [6, 6.07) is 12.1. The average molecular weight is 329 g/mol. The first-order valence-electron chi connectivity index (χ1n) is 8.50. The molecule has 2 aromatic carbocycles. The maximum Gasteiger partial charge on any atom is 0.255 e. The van der Waals surface area contributed by atoms with Crippen LogP contribution in [0.4, 0.5) is 0 Å². The molecule has 1 amide bonds. The number of benzene rings is 2. The molecule has 0 radical (unpaired) electrons. The lowest BCUT2D eigenvalue weighted by Crippen LogP contribution is -2.31. The highest BCUT2D eigenvalue weighted by molar-refractivity contribution is 5.88. The minimum absolute atomic E-state index is 0.106. The van der Waals surface area contributed by atoms with Gasteiger partial charge in [-0.15, -0.1) is 0 Å². The molecule has 5 nitrogen and oxygen atoms in total. The Bertz CT molecular complexity index is 669. The molecule has 0 heterocycles. The molecule has 0 aliphatic heterocycles. The van der Waals surface area contributed by atoms with Gasteiger partial charge < -0.3 is 20.7 Å². The van der Waals surface area contributed by atoms with Gasteiger partial charge in [-0.3, -0.25) is 4.79 Å². The molecule has 2 rings (SSSR count). The molecule has 0 unspecified atom stereocenters. The zero-order valence-corrected chi connectivity index (χ0v) is 14.5. The maximum atomic E-state index is 11.0. The molecule has 5 heteroatoms. The minimum atomic E-state index is -0.469. The average Bonchev–Trinajstić information content (AvgIpc) is 2.60. The number of carbonyl (C=O) groups is 1. The molecule has 0 saturated carbocycles. The second-order valence-corrected chi connectivity index (χ2v) is 5.72. The van der Waals surface area contributed by atoms with E-state index < -0.39 is 5.91 Å². The molecular weight excluding hydrogens is 302 g/mol. The van der Waals surface area contributed by atoms with E-state index in [1.165, 1.54) is 0 Å². The Kier molecular flexibility index (Phi) is 7.03. The van der Waals surface area contributed by atoms with E-state index in [0.717, 1.165) is 42.5 Å². The van der Waals surface area contributed by atoms with Crippen molar-refractivity contribution in [3.8, 4) is 5.75 Å². The lowest BCUT2D eigenvalue weighted by molar-refractivity contribution is -0.119. The molecule has 0 aliphatic rings. The molecule has 0 aliphatic carbocycles. The highest BCUT2D eigenvalue weighted by Crippen LogP contribution is 2.28. The van der Waals surface area contributed by atoms with E-state index in [0.29, 0.717) is 12.3 Å². The van der Waals surface area contributed by atoms with Crippen LogP contribution in [-0.4, -0.2) is 43.6 Å². The van der Waals surface area contributed by atoms with Crippen molar-refractivity contribution in [2.24, 2.45) is 5.73 Å². The van der Waals surface area contributed by atoms with E-state index in [1.807, 2.05) is 24.3 Å². The topological polar surface area (TPSA) is 67.6 Å². The van der Waals surface area contributed by atoms with Crippen molar-refractivity contribution in [3.63, 3.8) is 0 Å². The smallest absolute Gasteiger partial charge is 0.255 e. The third-order valence-electron chi connectivity index (χ3n) is 4.17. The van der Waals surface area contributed by atoms with Gasteiger partial charge in [0, 0.05) is 25.2 Å². The molecule has 2 aromatic rings. The Balaban J connectivity index is 2.12. The highest BCUT2D eigenvalue weighted by atomic mass is 16.5. The standard InChI is InChI=1S/C19H27N3O2/c1-3-22(4-2)12-11-21-13-17-16-8-6-5-7-15(16)9-10-18(17)24-14-19(20)23/h5-10,21H,3-4,11-14H2,1-2H3,(H2,20,23). The number of ether oxygens (including phenoxy) is 1. The van der Waals surface area contributed by atoms with Crippen LogP contribution in [-0.2, 0) is 11.3 Å². The molecule has 0 atom stereocenters. The number of hydrogen-bond acceptors (Lipinski definition) is 4. The summed E-state index contributed by atoms with van der Waals surface area (Å²) in [5.41, 5.74) is 6.27. The molecule has 0 saturated heterocycles. The Hall–Kier alpha value is -2.11. The Labute approximate surface area is 143 Å². The summed E-state index contributed by atoms with van der Waals surface area (Å²) in [4.78, 5) is 13.4. The lowest BCUT2D eigenvalue weighted by Gasteiger charge is -2.19. The van der Waals surface area contributed by atoms with Gasteiger partial charge in [0.15, 0.2) is 6.61 Å². The second kappa shape index (κ2) is 9.25. The van der Waals surface area contributed by atoms with E-state index in [4.69, 9.17) is 10.5 Å². The zero-order chi connectivity index (χ0) is 17.4. The van der Waals surface area contributed by atoms with Crippen LogP contribution in [0.1, 0.15) is 19.4 Å². The summed E-state index contributed by atoms with van der Waals surface area (Å²) < 4.78 is 5.60. The Morgan fingerprint density at radius 1 is 1.17 bits per heavy atom. The van der Waals surface area contributed by atoms with Crippen molar-refractivity contribution in [2.75, 3.05) is 32.8 Å². The third-order valence-corrected chi connectivity index (χ3v) is 4.17. The summed E-state index contributed by atoms with van der Waals surface area (Å²) in [6.45, 7) is 8.95. The van der Waals surface area contributed by atoms with Gasteiger partial charge in [0.25, 0.3) is 5.91 Å². The number of carbonyl (C=O) groups excluding carboxylic acids is 1. The van der Waals surface area contributed by atoms with E-state index in [-0.39, 0.29) is 6.61 Å². The Morgan fingerprint density at radius 3 is 2.62 bits per heavy atom. The number of amides is 1. The largest absolute Gasteiger partial charge is 0.483 e. The maximum absolute atomic E-state index is 11.0. The molecule has 24 heavy (non-hydrogen) atoms.